The van der Waals surface area contributed by atoms with Crippen LogP contribution < -0.4 is 0 Å². The van der Waals surface area contributed by atoms with Crippen molar-refractivity contribution in [1.29, 1.82) is 0 Å². The summed E-state index contributed by atoms with van der Waals surface area (Å²) in [7, 11) is 0. The van der Waals surface area contributed by atoms with E-state index in [4.69, 9.17) is 0 Å². The van der Waals surface area contributed by atoms with Crippen LogP contribution in [0.5, 0.6) is 0 Å². The Labute approximate surface area is 194 Å². The van der Waals surface area contributed by atoms with Crippen molar-refractivity contribution in [2.24, 2.45) is 0 Å². The first kappa shape index (κ1) is 19.5. The molecule has 0 spiro atoms. The van der Waals surface area contributed by atoms with Gasteiger partial charge in [-0.3, -0.25) is 0 Å². The molecular weight excluding hydrogens is 396 g/mol. The molecule has 0 aliphatic carbocycles. The molecular formula is C33H24. The fourth-order valence-electron chi connectivity index (χ4n) is 5.24. The highest BCUT2D eigenvalue weighted by Gasteiger charge is 2.16. The Morgan fingerprint density at radius 3 is 1.79 bits per heavy atom. The van der Waals surface area contributed by atoms with Crippen molar-refractivity contribution in [3.63, 3.8) is 0 Å². The van der Waals surface area contributed by atoms with Crippen molar-refractivity contribution < 1.29 is 0 Å². The summed E-state index contributed by atoms with van der Waals surface area (Å²) in [6, 6.07) is 33.3. The summed E-state index contributed by atoms with van der Waals surface area (Å²) in [6.07, 6.45) is 3.85. The Hall–Kier alpha value is -4.16. The summed E-state index contributed by atoms with van der Waals surface area (Å²) in [4.78, 5) is 0. The number of hydrogen-bond acceptors (Lipinski definition) is 0. The maximum absolute atomic E-state index is 4.09. The molecule has 156 valence electrons. The van der Waals surface area contributed by atoms with Crippen LogP contribution in [0.3, 0.4) is 0 Å². The van der Waals surface area contributed by atoms with Gasteiger partial charge in [0, 0.05) is 0 Å². The molecule has 6 aromatic rings. The quantitative estimate of drug-likeness (QED) is 0.249. The zero-order valence-corrected chi connectivity index (χ0v) is 18.7. The fourth-order valence-corrected chi connectivity index (χ4v) is 5.24. The highest BCUT2D eigenvalue weighted by Crippen LogP contribution is 2.43. The number of rotatable bonds is 4. The van der Waals surface area contributed by atoms with Crippen LogP contribution in [0, 0.1) is 6.92 Å². The van der Waals surface area contributed by atoms with Gasteiger partial charge in [-0.05, 0) is 72.6 Å². The molecule has 0 nitrogen and oxygen atoms in total. The molecule has 6 aromatic carbocycles. The summed E-state index contributed by atoms with van der Waals surface area (Å²) < 4.78 is 0. The third-order valence-corrected chi connectivity index (χ3v) is 6.88. The van der Waals surface area contributed by atoms with Gasteiger partial charge >= 0.3 is 0 Å². The second-order valence-electron chi connectivity index (χ2n) is 8.73. The minimum atomic E-state index is 1.11. The van der Waals surface area contributed by atoms with Crippen molar-refractivity contribution in [1.82, 2.24) is 0 Å². The monoisotopic (exact) mass is 420 g/mol. The molecule has 0 amide bonds. The van der Waals surface area contributed by atoms with Crippen LogP contribution in [0.25, 0.3) is 66.7 Å². The van der Waals surface area contributed by atoms with Crippen LogP contribution >= 0.6 is 0 Å². The minimum absolute atomic E-state index is 1.11. The van der Waals surface area contributed by atoms with Crippen LogP contribution in [0.1, 0.15) is 16.7 Å². The average molecular weight is 421 g/mol. The van der Waals surface area contributed by atoms with Crippen molar-refractivity contribution >= 4 is 44.5 Å². The maximum atomic E-state index is 4.09. The molecule has 0 unspecified atom stereocenters. The molecule has 6 rings (SSSR count). The second kappa shape index (κ2) is 7.46. The van der Waals surface area contributed by atoms with Gasteiger partial charge < -0.3 is 0 Å². The van der Waals surface area contributed by atoms with Crippen LogP contribution in [-0.2, 0) is 0 Å². The number of benzene rings is 6. The summed E-state index contributed by atoms with van der Waals surface area (Å²) in [5.74, 6) is 0. The van der Waals surface area contributed by atoms with Gasteiger partial charge in [0.1, 0.15) is 0 Å². The van der Waals surface area contributed by atoms with E-state index in [0.29, 0.717) is 0 Å². The largest absolute Gasteiger partial charge is 0.0984 e. The Kier molecular flexibility index (Phi) is 4.41. The summed E-state index contributed by atoms with van der Waals surface area (Å²) in [5.41, 5.74) is 8.48. The van der Waals surface area contributed by atoms with Crippen molar-refractivity contribution in [2.75, 3.05) is 0 Å². The zero-order valence-electron chi connectivity index (χ0n) is 18.7. The van der Waals surface area contributed by atoms with Crippen LogP contribution in [0.15, 0.2) is 104 Å². The van der Waals surface area contributed by atoms with Gasteiger partial charge in [0.05, 0.1) is 0 Å². The van der Waals surface area contributed by atoms with Crippen molar-refractivity contribution in [3.05, 3.63) is 121 Å². The summed E-state index contributed by atoms with van der Waals surface area (Å²) in [5, 5.41) is 7.79. The molecule has 0 aliphatic rings. The van der Waals surface area contributed by atoms with Gasteiger partial charge in [-0.15, -0.1) is 0 Å². The van der Waals surface area contributed by atoms with Crippen molar-refractivity contribution in [2.45, 2.75) is 6.92 Å². The highest BCUT2D eigenvalue weighted by atomic mass is 14.2. The second-order valence-corrected chi connectivity index (χ2v) is 8.73. The molecule has 0 aromatic heterocycles. The van der Waals surface area contributed by atoms with E-state index < -0.39 is 0 Å². The normalized spacial score (nSPS) is 11.4. The third-order valence-electron chi connectivity index (χ3n) is 6.88. The van der Waals surface area contributed by atoms with Gasteiger partial charge in [0.2, 0.25) is 0 Å². The molecule has 0 bridgehead atoms. The molecule has 0 radical (unpaired) electrons. The van der Waals surface area contributed by atoms with Gasteiger partial charge in [-0.2, -0.15) is 0 Å². The molecule has 0 saturated carbocycles. The molecule has 0 heteroatoms. The van der Waals surface area contributed by atoms with Gasteiger partial charge in [-0.25, -0.2) is 0 Å². The SMILES string of the molecule is C=Cc1cccc(-c2ccc3ccc4c(-c5ccc(C)cc5)ccc5ccc2c3c54)c1C=C. The molecule has 0 saturated heterocycles. The molecule has 0 N–H and O–H groups in total. The van der Waals surface area contributed by atoms with Crippen molar-refractivity contribution in [3.8, 4) is 22.3 Å². The highest BCUT2D eigenvalue weighted by molar-refractivity contribution is 6.27. The van der Waals surface area contributed by atoms with Crippen LogP contribution in [-0.4, -0.2) is 0 Å². The summed E-state index contributed by atoms with van der Waals surface area (Å²) >= 11 is 0. The standard InChI is InChI=1S/C33H24/c1-4-22-7-6-8-28(26(22)5-2)29-18-14-25-15-19-30-27(23-11-9-21(3)10-12-23)17-13-24-16-20-31(29)33(25)32(24)30/h4-20H,1-2H2,3H3. The van der Waals surface area contributed by atoms with Gasteiger partial charge in [0.25, 0.3) is 0 Å². The molecule has 0 fully saturated rings. The first-order valence-electron chi connectivity index (χ1n) is 11.4. The lowest BCUT2D eigenvalue weighted by molar-refractivity contribution is 1.47. The lowest BCUT2D eigenvalue weighted by atomic mass is 9.86. The Morgan fingerprint density at radius 2 is 1.15 bits per heavy atom. The molecule has 33 heavy (non-hydrogen) atoms. The first-order chi connectivity index (χ1) is 16.2. The van der Waals surface area contributed by atoms with Crippen LogP contribution in [0.4, 0.5) is 0 Å². The zero-order chi connectivity index (χ0) is 22.5. The van der Waals surface area contributed by atoms with E-state index in [1.165, 1.54) is 60.1 Å². The Balaban J connectivity index is 1.72. The van der Waals surface area contributed by atoms with E-state index in [0.717, 1.165) is 11.1 Å². The predicted octanol–water partition coefficient (Wildman–Crippen LogP) is 9.51. The molecule has 0 aliphatic heterocycles. The van der Waals surface area contributed by atoms with E-state index in [2.05, 4.69) is 111 Å². The lowest BCUT2D eigenvalue weighted by Gasteiger charge is -2.18. The first-order valence-corrected chi connectivity index (χ1v) is 11.4. The van der Waals surface area contributed by atoms with E-state index in [-0.39, 0.29) is 0 Å². The van der Waals surface area contributed by atoms with Gasteiger partial charge in [0.15, 0.2) is 0 Å². The van der Waals surface area contributed by atoms with E-state index >= 15 is 0 Å². The smallest absolute Gasteiger partial charge is 0.00203 e. The van der Waals surface area contributed by atoms with Gasteiger partial charge in [-0.1, -0.05) is 122 Å². The van der Waals surface area contributed by atoms with Crippen LogP contribution in [0.2, 0.25) is 0 Å². The lowest BCUT2D eigenvalue weighted by Crippen LogP contribution is -1.92. The fraction of sp³-hybridized carbons (Fsp3) is 0.0303. The average Bonchev–Trinajstić information content (AvgIpc) is 2.87. The Bertz CT molecular complexity index is 1680. The number of hydrogen-bond donors (Lipinski definition) is 0. The topological polar surface area (TPSA) is 0 Å². The molecule has 0 heterocycles. The third kappa shape index (κ3) is 2.92. The van der Waals surface area contributed by atoms with E-state index in [1.807, 2.05) is 12.2 Å². The summed E-state index contributed by atoms with van der Waals surface area (Å²) in [6.45, 7) is 10.2. The van der Waals surface area contributed by atoms with E-state index in [9.17, 15) is 0 Å². The Morgan fingerprint density at radius 1 is 0.545 bits per heavy atom. The maximum Gasteiger partial charge on any atom is -0.00203 e. The molecule has 0 atom stereocenters. The predicted molar refractivity (Wildman–Crippen MR) is 146 cm³/mol. The minimum Gasteiger partial charge on any atom is -0.0984 e. The number of aryl methyl sites for hydroxylation is 1. The van der Waals surface area contributed by atoms with E-state index in [1.54, 1.807) is 0 Å².